The van der Waals surface area contributed by atoms with Gasteiger partial charge in [0.1, 0.15) is 5.03 Å². The number of carboxylic acid groups (broad SMARTS) is 1. The molecule has 1 atom stereocenters. The molecule has 1 aromatic heterocycles. The lowest BCUT2D eigenvalue weighted by atomic mass is 10.1. The van der Waals surface area contributed by atoms with Crippen LogP contribution >= 0.6 is 11.8 Å². The first kappa shape index (κ1) is 13.6. The summed E-state index contributed by atoms with van der Waals surface area (Å²) in [5, 5.41) is 11.3. The number of carbonyl (C=O) groups is 1. The molecule has 0 unspecified atom stereocenters. The first-order valence-corrected chi connectivity index (χ1v) is 6.82. The summed E-state index contributed by atoms with van der Waals surface area (Å²) in [5.41, 5.74) is 2.56. The van der Waals surface area contributed by atoms with Gasteiger partial charge in [0, 0.05) is 5.69 Å². The molecule has 0 bridgehead atoms. The van der Waals surface area contributed by atoms with Gasteiger partial charge in [-0.3, -0.25) is 0 Å². The second-order valence-electron chi connectivity index (χ2n) is 4.30. The second kappa shape index (κ2) is 5.89. The molecule has 4 heteroatoms. The molecule has 0 aliphatic carbocycles. The zero-order valence-electron chi connectivity index (χ0n) is 10.8. The maximum atomic E-state index is 11.3. The van der Waals surface area contributed by atoms with Crippen molar-refractivity contribution < 1.29 is 9.90 Å². The van der Waals surface area contributed by atoms with Crippen LogP contribution < -0.4 is 5.11 Å². The van der Waals surface area contributed by atoms with Crippen molar-refractivity contribution in [3.05, 3.63) is 59.3 Å². The highest BCUT2D eigenvalue weighted by atomic mass is 32.2. The van der Waals surface area contributed by atoms with Crippen molar-refractivity contribution in [3.63, 3.8) is 0 Å². The molecule has 1 heterocycles. The van der Waals surface area contributed by atoms with E-state index in [4.69, 9.17) is 0 Å². The van der Waals surface area contributed by atoms with Crippen LogP contribution in [0.1, 0.15) is 22.1 Å². The van der Waals surface area contributed by atoms with Crippen molar-refractivity contribution in [2.75, 3.05) is 0 Å². The highest BCUT2D eigenvalue weighted by molar-refractivity contribution is 8.00. The third kappa shape index (κ3) is 3.35. The van der Waals surface area contributed by atoms with Crippen molar-refractivity contribution >= 4 is 17.7 Å². The van der Waals surface area contributed by atoms with E-state index in [0.717, 1.165) is 21.8 Å². The second-order valence-corrected chi connectivity index (χ2v) is 5.40. The number of aliphatic carboxylic acids is 1. The van der Waals surface area contributed by atoms with Gasteiger partial charge in [-0.2, -0.15) is 0 Å². The number of benzene rings is 1. The maximum absolute atomic E-state index is 11.3. The highest BCUT2D eigenvalue weighted by Gasteiger charge is 2.16. The van der Waals surface area contributed by atoms with Crippen LogP contribution in [0.25, 0.3) is 0 Å². The number of pyridine rings is 1. The fourth-order valence-electron chi connectivity index (χ4n) is 1.71. The van der Waals surface area contributed by atoms with Gasteiger partial charge in [0.15, 0.2) is 0 Å². The fourth-order valence-corrected chi connectivity index (χ4v) is 2.78. The number of aromatic nitrogens is 1. The smallest absolute Gasteiger partial charge is 0.100 e. The number of carboxylic acids is 1. The lowest BCUT2D eigenvalue weighted by molar-refractivity contribution is -0.305. The maximum Gasteiger partial charge on any atom is 0.100 e. The molecule has 1 aromatic carbocycles. The molecule has 3 nitrogen and oxygen atoms in total. The van der Waals surface area contributed by atoms with Crippen LogP contribution in [0.3, 0.4) is 0 Å². The molecule has 0 radical (unpaired) electrons. The van der Waals surface area contributed by atoms with Crippen LogP contribution in [-0.4, -0.2) is 11.0 Å². The summed E-state index contributed by atoms with van der Waals surface area (Å²) >= 11 is 1.22. The lowest BCUT2D eigenvalue weighted by Gasteiger charge is -2.18. The van der Waals surface area contributed by atoms with Gasteiger partial charge in [-0.05, 0) is 31.0 Å². The van der Waals surface area contributed by atoms with Gasteiger partial charge in [0.2, 0.25) is 0 Å². The number of rotatable bonds is 4. The SMILES string of the molecule is Cc1ccc(C)c(S[C@H](C(=O)[O-])c2ccccc2)n1. The van der Waals surface area contributed by atoms with E-state index in [1.165, 1.54) is 11.8 Å². The van der Waals surface area contributed by atoms with Gasteiger partial charge in [-0.15, -0.1) is 0 Å². The Bertz CT molecular complexity index is 584. The lowest BCUT2D eigenvalue weighted by Crippen LogP contribution is -2.28. The molecule has 2 rings (SSSR count). The number of thioether (sulfide) groups is 1. The summed E-state index contributed by atoms with van der Waals surface area (Å²) in [6.45, 7) is 3.81. The first-order valence-electron chi connectivity index (χ1n) is 5.94. The van der Waals surface area contributed by atoms with Gasteiger partial charge in [0.25, 0.3) is 0 Å². The van der Waals surface area contributed by atoms with Gasteiger partial charge >= 0.3 is 0 Å². The van der Waals surface area contributed by atoms with Crippen LogP contribution in [0, 0.1) is 13.8 Å². The molecule has 0 saturated carbocycles. The average Bonchev–Trinajstić information content (AvgIpc) is 2.40. The Labute approximate surface area is 116 Å². The number of nitrogens with zero attached hydrogens (tertiary/aromatic N) is 1. The van der Waals surface area contributed by atoms with Crippen molar-refractivity contribution in [1.82, 2.24) is 4.98 Å². The Morgan fingerprint density at radius 3 is 2.47 bits per heavy atom. The zero-order chi connectivity index (χ0) is 13.8. The Morgan fingerprint density at radius 2 is 1.84 bits per heavy atom. The van der Waals surface area contributed by atoms with Crippen LogP contribution in [0.4, 0.5) is 0 Å². The van der Waals surface area contributed by atoms with Crippen molar-refractivity contribution in [2.45, 2.75) is 24.1 Å². The minimum atomic E-state index is -1.10. The third-order valence-corrected chi connectivity index (χ3v) is 4.07. The summed E-state index contributed by atoms with van der Waals surface area (Å²) < 4.78 is 0. The normalized spacial score (nSPS) is 12.1. The average molecular weight is 272 g/mol. The molecule has 0 spiro atoms. The van der Waals surface area contributed by atoms with E-state index in [-0.39, 0.29) is 0 Å². The Hall–Kier alpha value is -1.81. The molecule has 0 saturated heterocycles. The van der Waals surface area contributed by atoms with Crippen LogP contribution in [0.2, 0.25) is 0 Å². The summed E-state index contributed by atoms with van der Waals surface area (Å²) in [5.74, 6) is -1.10. The Balaban J connectivity index is 2.32. The van der Waals surface area contributed by atoms with Crippen LogP contribution in [-0.2, 0) is 4.79 Å². The molecule has 19 heavy (non-hydrogen) atoms. The van der Waals surface area contributed by atoms with E-state index >= 15 is 0 Å². The van der Waals surface area contributed by atoms with Gasteiger partial charge in [-0.1, -0.05) is 48.2 Å². The van der Waals surface area contributed by atoms with Gasteiger partial charge in [-0.25, -0.2) is 4.98 Å². The van der Waals surface area contributed by atoms with E-state index in [0.29, 0.717) is 0 Å². The van der Waals surface area contributed by atoms with Crippen molar-refractivity contribution in [1.29, 1.82) is 0 Å². The minimum Gasteiger partial charge on any atom is -0.549 e. The van der Waals surface area contributed by atoms with E-state index in [9.17, 15) is 9.90 Å². The van der Waals surface area contributed by atoms with E-state index in [1.807, 2.05) is 44.2 Å². The molecule has 0 aliphatic rings. The molecular weight excluding hydrogens is 258 g/mol. The summed E-state index contributed by atoms with van der Waals surface area (Å²) in [4.78, 5) is 15.7. The predicted molar refractivity (Wildman–Crippen MR) is 73.8 cm³/mol. The standard InChI is InChI=1S/C15H15NO2S/c1-10-8-9-11(2)16-14(10)19-13(15(17)18)12-6-4-3-5-7-12/h3-9,13H,1-2H3,(H,17,18)/p-1/t13-/m0/s1. The molecule has 0 N–H and O–H groups in total. The van der Waals surface area contributed by atoms with Gasteiger partial charge < -0.3 is 9.90 Å². The summed E-state index contributed by atoms with van der Waals surface area (Å²) in [6, 6.07) is 12.9. The molecule has 0 amide bonds. The number of hydrogen-bond acceptors (Lipinski definition) is 4. The summed E-state index contributed by atoms with van der Waals surface area (Å²) in [7, 11) is 0. The number of carbonyl (C=O) groups excluding carboxylic acids is 1. The number of aryl methyl sites for hydroxylation is 2. The zero-order valence-corrected chi connectivity index (χ0v) is 11.6. The first-order chi connectivity index (χ1) is 9.08. The van der Waals surface area contributed by atoms with E-state index < -0.39 is 11.2 Å². The molecule has 2 aromatic rings. The van der Waals surface area contributed by atoms with Crippen molar-refractivity contribution in [2.24, 2.45) is 0 Å². The van der Waals surface area contributed by atoms with Crippen molar-refractivity contribution in [3.8, 4) is 0 Å². The topological polar surface area (TPSA) is 53.0 Å². The molecular formula is C15H14NO2S-. The van der Waals surface area contributed by atoms with Crippen LogP contribution in [0.15, 0.2) is 47.5 Å². The third-order valence-electron chi connectivity index (χ3n) is 2.74. The predicted octanol–water partition coefficient (Wildman–Crippen LogP) is 2.28. The Morgan fingerprint density at radius 1 is 1.16 bits per heavy atom. The highest BCUT2D eigenvalue weighted by Crippen LogP contribution is 2.35. The fraction of sp³-hybridized carbons (Fsp3) is 0.200. The monoisotopic (exact) mass is 272 g/mol. The van der Waals surface area contributed by atoms with Crippen LogP contribution in [0.5, 0.6) is 0 Å². The molecule has 0 aliphatic heterocycles. The minimum absolute atomic E-state index is 0.718. The Kier molecular flexibility index (Phi) is 4.22. The number of hydrogen-bond donors (Lipinski definition) is 0. The largest absolute Gasteiger partial charge is 0.549 e. The molecule has 98 valence electrons. The quantitative estimate of drug-likeness (QED) is 0.801. The van der Waals surface area contributed by atoms with E-state index in [1.54, 1.807) is 12.1 Å². The van der Waals surface area contributed by atoms with E-state index in [2.05, 4.69) is 4.98 Å². The molecule has 0 fully saturated rings. The van der Waals surface area contributed by atoms with Gasteiger partial charge in [0.05, 0.1) is 11.2 Å². The summed E-state index contributed by atoms with van der Waals surface area (Å²) in [6.07, 6.45) is 0.